The van der Waals surface area contributed by atoms with Crippen LogP contribution < -0.4 is 0 Å². The lowest BCUT2D eigenvalue weighted by Gasteiger charge is -2.16. The van der Waals surface area contributed by atoms with Gasteiger partial charge in [0.1, 0.15) is 5.69 Å². The number of hydrogen-bond acceptors (Lipinski definition) is 2. The summed E-state index contributed by atoms with van der Waals surface area (Å²) in [6.07, 6.45) is 2.54. The van der Waals surface area contributed by atoms with Gasteiger partial charge in [0, 0.05) is 20.1 Å². The van der Waals surface area contributed by atoms with Gasteiger partial charge in [-0.25, -0.2) is 0 Å². The fourth-order valence-corrected chi connectivity index (χ4v) is 1.92. The van der Waals surface area contributed by atoms with Gasteiger partial charge in [-0.3, -0.25) is 9.48 Å². The number of carbonyl (C=O) groups is 1. The van der Waals surface area contributed by atoms with Crippen molar-refractivity contribution in [3.8, 4) is 0 Å². The van der Waals surface area contributed by atoms with Crippen LogP contribution in [0, 0.1) is 12.8 Å². The smallest absolute Gasteiger partial charge is 0.271 e. The Balaban J connectivity index is 2.11. The van der Waals surface area contributed by atoms with Crippen LogP contribution in [0.1, 0.15) is 35.9 Å². The van der Waals surface area contributed by atoms with E-state index in [9.17, 15) is 4.79 Å². The van der Waals surface area contributed by atoms with E-state index in [0.717, 1.165) is 24.7 Å². The minimum absolute atomic E-state index is 0.0920. The van der Waals surface area contributed by atoms with Crippen LogP contribution in [0.25, 0.3) is 0 Å². The van der Waals surface area contributed by atoms with Crippen LogP contribution in [-0.4, -0.2) is 34.2 Å². The average molecular weight is 221 g/mol. The summed E-state index contributed by atoms with van der Waals surface area (Å²) in [6.45, 7) is 5.55. The second-order valence-electron chi connectivity index (χ2n) is 4.62. The number of aryl methyl sites for hydroxylation is 2. The third-order valence-electron chi connectivity index (χ3n) is 3.00. The van der Waals surface area contributed by atoms with E-state index >= 15 is 0 Å². The van der Waals surface area contributed by atoms with Crippen molar-refractivity contribution >= 4 is 5.91 Å². The molecule has 0 bridgehead atoms. The summed E-state index contributed by atoms with van der Waals surface area (Å²) in [5.41, 5.74) is 1.62. The largest absolute Gasteiger partial charge is 0.340 e. The third kappa shape index (κ3) is 2.26. The second-order valence-corrected chi connectivity index (χ2v) is 4.62. The fraction of sp³-hybridized carbons (Fsp3) is 0.667. The van der Waals surface area contributed by atoms with Crippen molar-refractivity contribution in [1.29, 1.82) is 0 Å². The molecular weight excluding hydrogens is 202 g/mol. The van der Waals surface area contributed by atoms with Crippen LogP contribution in [-0.2, 0) is 6.54 Å². The van der Waals surface area contributed by atoms with Gasteiger partial charge in [-0.05, 0) is 38.7 Å². The Morgan fingerprint density at radius 2 is 2.31 bits per heavy atom. The van der Waals surface area contributed by atoms with Crippen LogP contribution in [0.2, 0.25) is 0 Å². The van der Waals surface area contributed by atoms with Gasteiger partial charge in [-0.2, -0.15) is 5.10 Å². The van der Waals surface area contributed by atoms with Crippen LogP contribution in [0.4, 0.5) is 0 Å². The number of rotatable bonds is 4. The summed E-state index contributed by atoms with van der Waals surface area (Å²) < 4.78 is 1.78. The van der Waals surface area contributed by atoms with E-state index in [-0.39, 0.29) is 5.91 Å². The van der Waals surface area contributed by atoms with Crippen molar-refractivity contribution in [3.63, 3.8) is 0 Å². The van der Waals surface area contributed by atoms with Gasteiger partial charge in [0.15, 0.2) is 0 Å². The lowest BCUT2D eigenvalue weighted by atomic mass is 10.3. The SMILES string of the molecule is CCn1nc(C)cc1C(=O)N(C)CC1CC1. The average Bonchev–Trinajstić information content (AvgIpc) is 2.98. The highest BCUT2D eigenvalue weighted by Crippen LogP contribution is 2.29. The molecule has 4 nitrogen and oxygen atoms in total. The van der Waals surface area contributed by atoms with E-state index in [4.69, 9.17) is 0 Å². The minimum atomic E-state index is 0.0920. The molecule has 88 valence electrons. The number of carbonyl (C=O) groups excluding carboxylic acids is 1. The van der Waals surface area contributed by atoms with Gasteiger partial charge in [-0.15, -0.1) is 0 Å². The molecule has 1 saturated carbocycles. The highest BCUT2D eigenvalue weighted by molar-refractivity contribution is 5.92. The first-order valence-corrected chi connectivity index (χ1v) is 5.91. The molecule has 0 radical (unpaired) electrons. The maximum absolute atomic E-state index is 12.2. The molecule has 0 N–H and O–H groups in total. The monoisotopic (exact) mass is 221 g/mol. The first-order valence-electron chi connectivity index (χ1n) is 5.91. The van der Waals surface area contributed by atoms with Crippen LogP contribution >= 0.6 is 0 Å². The maximum Gasteiger partial charge on any atom is 0.271 e. The van der Waals surface area contributed by atoms with Gasteiger partial charge < -0.3 is 4.90 Å². The van der Waals surface area contributed by atoms with Gasteiger partial charge in [-0.1, -0.05) is 0 Å². The van der Waals surface area contributed by atoms with Crippen LogP contribution in [0.5, 0.6) is 0 Å². The topological polar surface area (TPSA) is 38.1 Å². The molecule has 1 fully saturated rings. The van der Waals surface area contributed by atoms with Crippen molar-refractivity contribution in [2.24, 2.45) is 5.92 Å². The molecule has 0 saturated heterocycles. The quantitative estimate of drug-likeness (QED) is 0.776. The predicted octanol–water partition coefficient (Wildman–Crippen LogP) is 1.69. The van der Waals surface area contributed by atoms with E-state index in [1.165, 1.54) is 12.8 Å². The summed E-state index contributed by atoms with van der Waals surface area (Å²) in [4.78, 5) is 14.0. The van der Waals surface area contributed by atoms with Crippen molar-refractivity contribution < 1.29 is 4.79 Å². The Bertz CT molecular complexity index is 393. The molecule has 1 heterocycles. The zero-order valence-electron chi connectivity index (χ0n) is 10.2. The Labute approximate surface area is 96.2 Å². The maximum atomic E-state index is 12.2. The normalized spacial score (nSPS) is 15.2. The lowest BCUT2D eigenvalue weighted by molar-refractivity contribution is 0.0776. The molecule has 4 heteroatoms. The molecule has 0 spiro atoms. The van der Waals surface area contributed by atoms with E-state index in [1.54, 1.807) is 4.68 Å². The molecular formula is C12H19N3O. The molecule has 1 aromatic heterocycles. The summed E-state index contributed by atoms with van der Waals surface area (Å²) in [7, 11) is 1.88. The van der Waals surface area contributed by atoms with E-state index in [2.05, 4.69) is 5.10 Å². The fourth-order valence-electron chi connectivity index (χ4n) is 1.92. The van der Waals surface area contributed by atoms with Crippen molar-refractivity contribution in [3.05, 3.63) is 17.5 Å². The summed E-state index contributed by atoms with van der Waals surface area (Å²) in [5, 5.41) is 4.30. The van der Waals surface area contributed by atoms with Gasteiger partial charge >= 0.3 is 0 Å². The minimum Gasteiger partial charge on any atom is -0.340 e. The molecule has 0 unspecified atom stereocenters. The van der Waals surface area contributed by atoms with Crippen LogP contribution in [0.3, 0.4) is 0 Å². The summed E-state index contributed by atoms with van der Waals surface area (Å²) in [6, 6.07) is 1.87. The Morgan fingerprint density at radius 1 is 1.62 bits per heavy atom. The van der Waals surface area contributed by atoms with Crippen molar-refractivity contribution in [2.45, 2.75) is 33.2 Å². The number of aromatic nitrogens is 2. The zero-order valence-corrected chi connectivity index (χ0v) is 10.2. The van der Waals surface area contributed by atoms with Gasteiger partial charge in [0.05, 0.1) is 5.69 Å². The predicted molar refractivity (Wildman–Crippen MR) is 62.3 cm³/mol. The van der Waals surface area contributed by atoms with E-state index in [1.807, 2.05) is 31.9 Å². The van der Waals surface area contributed by atoms with Crippen LogP contribution in [0.15, 0.2) is 6.07 Å². The molecule has 1 amide bonds. The zero-order chi connectivity index (χ0) is 11.7. The lowest BCUT2D eigenvalue weighted by Crippen LogP contribution is -2.30. The summed E-state index contributed by atoms with van der Waals surface area (Å²) in [5.74, 6) is 0.822. The highest BCUT2D eigenvalue weighted by Gasteiger charge is 2.26. The number of hydrogen-bond donors (Lipinski definition) is 0. The van der Waals surface area contributed by atoms with Gasteiger partial charge in [0.25, 0.3) is 5.91 Å². The Morgan fingerprint density at radius 3 is 2.88 bits per heavy atom. The molecule has 1 aliphatic carbocycles. The van der Waals surface area contributed by atoms with Crippen molar-refractivity contribution in [2.75, 3.05) is 13.6 Å². The number of amides is 1. The third-order valence-corrected chi connectivity index (χ3v) is 3.00. The molecule has 1 aliphatic rings. The molecule has 1 aromatic rings. The molecule has 16 heavy (non-hydrogen) atoms. The van der Waals surface area contributed by atoms with E-state index < -0.39 is 0 Å². The first-order chi connectivity index (χ1) is 7.61. The van der Waals surface area contributed by atoms with Gasteiger partial charge in [0.2, 0.25) is 0 Å². The molecule has 0 atom stereocenters. The molecule has 0 aliphatic heterocycles. The number of nitrogens with zero attached hydrogens (tertiary/aromatic N) is 3. The Hall–Kier alpha value is -1.32. The first kappa shape index (κ1) is 11.2. The summed E-state index contributed by atoms with van der Waals surface area (Å²) >= 11 is 0. The second kappa shape index (κ2) is 4.28. The highest BCUT2D eigenvalue weighted by atomic mass is 16.2. The standard InChI is InChI=1S/C12H19N3O/c1-4-15-11(7-9(2)13-15)12(16)14(3)8-10-5-6-10/h7,10H,4-6,8H2,1-3H3. The Kier molecular flexibility index (Phi) is 2.99. The molecule has 0 aromatic carbocycles. The van der Waals surface area contributed by atoms with Crippen molar-refractivity contribution in [1.82, 2.24) is 14.7 Å². The molecule has 2 rings (SSSR count). The van der Waals surface area contributed by atoms with E-state index in [0.29, 0.717) is 5.69 Å².